The number of hydrogen-bond donors (Lipinski definition) is 1. The molecule has 4 aromatic carbocycles. The molecule has 2 bridgehead atoms. The molecule has 2 aromatic heterocycles. The van der Waals surface area contributed by atoms with Crippen molar-refractivity contribution in [3.63, 3.8) is 0 Å². The van der Waals surface area contributed by atoms with Crippen molar-refractivity contribution < 1.29 is 0 Å². The summed E-state index contributed by atoms with van der Waals surface area (Å²) in [5.41, 5.74) is 12.2. The Morgan fingerprint density at radius 1 is 0.730 bits per heavy atom. The van der Waals surface area contributed by atoms with Gasteiger partial charge in [-0.25, -0.2) is 0 Å². The van der Waals surface area contributed by atoms with Crippen LogP contribution in [0.3, 0.4) is 0 Å². The molecule has 0 radical (unpaired) electrons. The summed E-state index contributed by atoms with van der Waals surface area (Å²) in [7, 11) is 0. The van der Waals surface area contributed by atoms with Gasteiger partial charge >= 0.3 is 0 Å². The molecular formula is C34H28N2S. The van der Waals surface area contributed by atoms with Crippen molar-refractivity contribution in [2.24, 2.45) is 0 Å². The van der Waals surface area contributed by atoms with Crippen molar-refractivity contribution in [3.8, 4) is 33.5 Å². The van der Waals surface area contributed by atoms with E-state index in [1.54, 1.807) is 0 Å². The average molecular weight is 497 g/mol. The zero-order valence-corrected chi connectivity index (χ0v) is 22.3. The fourth-order valence-corrected chi connectivity index (χ4v) is 6.80. The van der Waals surface area contributed by atoms with Crippen LogP contribution in [0.1, 0.15) is 31.9 Å². The Balaban J connectivity index is 1.58. The Bertz CT molecular complexity index is 1850. The first kappa shape index (κ1) is 22.3. The zero-order valence-electron chi connectivity index (χ0n) is 21.5. The lowest BCUT2D eigenvalue weighted by Gasteiger charge is -2.24. The number of aromatic nitrogens is 1. The minimum absolute atomic E-state index is 0.0687. The van der Waals surface area contributed by atoms with Crippen molar-refractivity contribution in [2.45, 2.75) is 33.1 Å². The van der Waals surface area contributed by atoms with Gasteiger partial charge in [0.2, 0.25) is 0 Å². The molecule has 7 rings (SSSR count). The largest absolute Gasteiger partial charge is 0.355 e. The number of hydrogen-bond acceptors (Lipinski definition) is 3. The number of nitrogens with one attached hydrogen (secondary N) is 1. The van der Waals surface area contributed by atoms with E-state index in [0.717, 1.165) is 22.6 Å². The molecule has 37 heavy (non-hydrogen) atoms. The summed E-state index contributed by atoms with van der Waals surface area (Å²) in [6, 6.07) is 31.0. The van der Waals surface area contributed by atoms with Gasteiger partial charge in [-0.15, -0.1) is 11.3 Å². The topological polar surface area (TPSA) is 24.9 Å². The molecule has 1 aliphatic rings. The van der Waals surface area contributed by atoms with Crippen LogP contribution >= 0.6 is 11.3 Å². The molecule has 0 unspecified atom stereocenters. The Kier molecular flexibility index (Phi) is 4.83. The van der Waals surface area contributed by atoms with Gasteiger partial charge in [-0.1, -0.05) is 63.2 Å². The lowest BCUT2D eigenvalue weighted by molar-refractivity contribution is 0.589. The molecule has 0 spiro atoms. The summed E-state index contributed by atoms with van der Waals surface area (Å²) in [4.78, 5) is 4.79. The molecule has 2 nitrogen and oxygen atoms in total. The first-order valence-corrected chi connectivity index (χ1v) is 13.6. The summed E-state index contributed by atoms with van der Waals surface area (Å²) < 4.78 is 2.66. The molecular weight excluding hydrogens is 468 g/mol. The molecule has 0 atom stereocenters. The van der Waals surface area contributed by atoms with Gasteiger partial charge in [-0.05, 0) is 77.1 Å². The van der Waals surface area contributed by atoms with E-state index < -0.39 is 0 Å². The first-order chi connectivity index (χ1) is 17.9. The minimum Gasteiger partial charge on any atom is -0.355 e. The van der Waals surface area contributed by atoms with E-state index in [0.29, 0.717) is 0 Å². The predicted octanol–water partition coefficient (Wildman–Crippen LogP) is 10.1. The highest BCUT2D eigenvalue weighted by atomic mass is 32.1. The Morgan fingerprint density at radius 2 is 1.51 bits per heavy atom. The van der Waals surface area contributed by atoms with Crippen LogP contribution < -0.4 is 5.32 Å². The zero-order chi connectivity index (χ0) is 25.3. The number of para-hydroxylation sites is 1. The highest BCUT2D eigenvalue weighted by molar-refractivity contribution is 7.26. The molecule has 1 aliphatic heterocycles. The highest BCUT2D eigenvalue weighted by Gasteiger charge is 2.24. The molecule has 1 N–H and O–H groups in total. The molecule has 180 valence electrons. The number of benzene rings is 4. The second-order valence-electron chi connectivity index (χ2n) is 11.0. The van der Waals surface area contributed by atoms with E-state index in [2.05, 4.69) is 118 Å². The van der Waals surface area contributed by atoms with Crippen molar-refractivity contribution in [1.29, 1.82) is 0 Å². The third-order valence-corrected chi connectivity index (χ3v) is 8.74. The molecule has 3 heterocycles. The number of thiophene rings is 1. The van der Waals surface area contributed by atoms with Gasteiger partial charge in [0, 0.05) is 54.4 Å². The summed E-state index contributed by atoms with van der Waals surface area (Å²) in [6.45, 7) is 9.04. The minimum atomic E-state index is 0.0687. The van der Waals surface area contributed by atoms with Gasteiger partial charge in [-0.2, -0.15) is 0 Å². The van der Waals surface area contributed by atoms with Crippen molar-refractivity contribution in [2.75, 3.05) is 5.32 Å². The number of fused-ring (bicyclic) bond motifs is 10. The third-order valence-electron chi connectivity index (χ3n) is 7.62. The van der Waals surface area contributed by atoms with Gasteiger partial charge in [0.25, 0.3) is 0 Å². The first-order valence-electron chi connectivity index (χ1n) is 12.8. The quantitative estimate of drug-likeness (QED) is 0.244. The Morgan fingerprint density at radius 3 is 2.38 bits per heavy atom. The monoisotopic (exact) mass is 496 g/mol. The molecule has 0 fully saturated rings. The van der Waals surface area contributed by atoms with Crippen LogP contribution in [0, 0.1) is 6.92 Å². The molecule has 6 aromatic rings. The van der Waals surface area contributed by atoms with E-state index in [1.807, 2.05) is 17.5 Å². The number of anilines is 2. The molecule has 0 aliphatic carbocycles. The summed E-state index contributed by atoms with van der Waals surface area (Å²) in [6.07, 6.45) is 1.94. The predicted molar refractivity (Wildman–Crippen MR) is 160 cm³/mol. The van der Waals surface area contributed by atoms with Crippen LogP contribution in [0.5, 0.6) is 0 Å². The van der Waals surface area contributed by atoms with Gasteiger partial charge in [-0.3, -0.25) is 4.98 Å². The van der Waals surface area contributed by atoms with Gasteiger partial charge in [0.1, 0.15) is 0 Å². The van der Waals surface area contributed by atoms with E-state index in [1.165, 1.54) is 53.6 Å². The van der Waals surface area contributed by atoms with Crippen LogP contribution in [0.15, 0.2) is 91.1 Å². The number of nitrogens with zero attached hydrogens (tertiary/aromatic N) is 1. The molecule has 3 heteroatoms. The number of rotatable bonds is 1. The molecule has 0 amide bonds. The second-order valence-corrected chi connectivity index (χ2v) is 12.1. The van der Waals surface area contributed by atoms with E-state index >= 15 is 0 Å². The third kappa shape index (κ3) is 3.49. The maximum atomic E-state index is 4.79. The van der Waals surface area contributed by atoms with Crippen molar-refractivity contribution in [3.05, 3.63) is 102 Å². The van der Waals surface area contributed by atoms with Crippen LogP contribution in [0.4, 0.5) is 11.4 Å². The number of pyridine rings is 1. The van der Waals surface area contributed by atoms with Crippen molar-refractivity contribution >= 4 is 42.9 Å². The average Bonchev–Trinajstić information content (AvgIpc) is 3.27. The van der Waals surface area contributed by atoms with E-state index in [9.17, 15) is 0 Å². The van der Waals surface area contributed by atoms with Gasteiger partial charge < -0.3 is 5.32 Å². The Hall–Kier alpha value is -3.95. The fraction of sp³-hybridized carbons (Fsp3) is 0.147. The standard InChI is InChI=1S/C34H28N2S/c1-20-25-19-31-33(24-10-6-8-12-30(24)37-31)32(20)26-17-21(29-18-22(15-16-35-29)34(2,3)4)13-14-28(26)36-27-11-7-5-9-23(25)27/h5-19,36H,1-4H3. The van der Waals surface area contributed by atoms with Crippen LogP contribution in [0.2, 0.25) is 0 Å². The summed E-state index contributed by atoms with van der Waals surface area (Å²) >= 11 is 1.89. The fourth-order valence-electron chi connectivity index (χ4n) is 5.65. The summed E-state index contributed by atoms with van der Waals surface area (Å²) in [5.74, 6) is 0. The lowest BCUT2D eigenvalue weighted by atomic mass is 9.85. The van der Waals surface area contributed by atoms with Crippen LogP contribution in [-0.2, 0) is 5.41 Å². The van der Waals surface area contributed by atoms with E-state index in [-0.39, 0.29) is 5.41 Å². The van der Waals surface area contributed by atoms with Crippen LogP contribution in [0.25, 0.3) is 53.7 Å². The SMILES string of the molecule is Cc1c2cc3sc4ccccc4c3c1-c1cc(-c3cc(C(C)(C)C)ccn3)ccc1Nc1ccccc1-2. The normalized spacial score (nSPS) is 12.5. The van der Waals surface area contributed by atoms with Crippen LogP contribution in [-0.4, -0.2) is 4.98 Å². The lowest BCUT2D eigenvalue weighted by Crippen LogP contribution is -2.11. The maximum absolute atomic E-state index is 4.79. The van der Waals surface area contributed by atoms with E-state index in [4.69, 9.17) is 4.98 Å². The Labute approximate surface area is 221 Å². The second kappa shape index (κ2) is 8.03. The maximum Gasteiger partial charge on any atom is 0.0705 e. The van der Waals surface area contributed by atoms with Crippen molar-refractivity contribution in [1.82, 2.24) is 4.98 Å². The highest BCUT2D eigenvalue weighted by Crippen LogP contribution is 2.50. The van der Waals surface area contributed by atoms with Gasteiger partial charge in [0.15, 0.2) is 0 Å². The summed E-state index contributed by atoms with van der Waals surface area (Å²) in [5, 5.41) is 6.46. The smallest absolute Gasteiger partial charge is 0.0705 e. The van der Waals surface area contributed by atoms with Gasteiger partial charge in [0.05, 0.1) is 5.69 Å². The molecule has 0 saturated heterocycles. The molecule has 0 saturated carbocycles.